The highest BCUT2D eigenvalue weighted by molar-refractivity contribution is 7.44. The molecule has 1 fully saturated rings. The number of benzene rings is 3. The van der Waals surface area contributed by atoms with Crippen molar-refractivity contribution >= 4 is 8.53 Å². The number of H-pyrrole nitrogens is 1. The SMILES string of the molecule is CCCCCCCCCCCCCCCCOCCOC1C(OP(OCCC#N)N(C(C)C)C(C)C)[C@H](n2ccc(=O)[nH]c2=O)O[C@@H]1COC(c1ccccc1)(c1ccc(OC)cc1)c1ccc(OC)cc1. The molecule has 0 bridgehead atoms. The van der Waals surface area contributed by atoms with Gasteiger partial charge in [0.25, 0.3) is 14.1 Å². The minimum Gasteiger partial charge on any atom is -0.497 e. The van der Waals surface area contributed by atoms with Crippen LogP contribution in [0.1, 0.15) is 154 Å². The van der Waals surface area contributed by atoms with Gasteiger partial charge in [-0.1, -0.05) is 145 Å². The van der Waals surface area contributed by atoms with Crippen LogP contribution in [0.4, 0.5) is 0 Å². The second-order valence-electron chi connectivity index (χ2n) is 19.1. The van der Waals surface area contributed by atoms with Gasteiger partial charge in [-0.2, -0.15) is 5.26 Å². The summed E-state index contributed by atoms with van der Waals surface area (Å²) in [5.74, 6) is 1.38. The first-order valence-corrected chi connectivity index (χ1v) is 27.6. The van der Waals surface area contributed by atoms with Crippen molar-refractivity contribution in [3.05, 3.63) is 129 Å². The van der Waals surface area contributed by atoms with Crippen molar-refractivity contribution in [1.29, 1.82) is 5.26 Å². The normalized spacial score (nSPS) is 17.5. The van der Waals surface area contributed by atoms with Crippen LogP contribution in [0.25, 0.3) is 0 Å². The van der Waals surface area contributed by atoms with Gasteiger partial charge in [0.15, 0.2) is 6.23 Å². The van der Waals surface area contributed by atoms with E-state index in [1.807, 2.05) is 78.9 Å². The molecule has 4 aromatic rings. The summed E-state index contributed by atoms with van der Waals surface area (Å²) >= 11 is 0. The molecule has 1 aromatic heterocycles. The van der Waals surface area contributed by atoms with E-state index in [4.69, 9.17) is 37.5 Å². The molecule has 72 heavy (non-hydrogen) atoms. The minimum absolute atomic E-state index is 0.0166. The Morgan fingerprint density at radius 2 is 1.24 bits per heavy atom. The predicted molar refractivity (Wildman–Crippen MR) is 284 cm³/mol. The van der Waals surface area contributed by atoms with Crippen LogP contribution in [0, 0.1) is 11.3 Å². The molecule has 0 aliphatic carbocycles. The summed E-state index contributed by atoms with van der Waals surface area (Å²) in [6.07, 6.45) is 15.8. The van der Waals surface area contributed by atoms with E-state index in [9.17, 15) is 14.9 Å². The molecule has 3 unspecified atom stereocenters. The highest BCUT2D eigenvalue weighted by Gasteiger charge is 2.51. The van der Waals surface area contributed by atoms with Crippen LogP contribution in [0.3, 0.4) is 0 Å². The lowest BCUT2D eigenvalue weighted by Gasteiger charge is -2.38. The van der Waals surface area contributed by atoms with Gasteiger partial charge in [0.1, 0.15) is 35.4 Å². The van der Waals surface area contributed by atoms with Crippen molar-refractivity contribution in [2.24, 2.45) is 0 Å². The molecule has 0 radical (unpaired) electrons. The summed E-state index contributed by atoms with van der Waals surface area (Å²) in [6, 6.07) is 29.0. The zero-order valence-electron chi connectivity index (χ0n) is 44.1. The summed E-state index contributed by atoms with van der Waals surface area (Å²) in [5, 5.41) is 9.52. The van der Waals surface area contributed by atoms with Crippen molar-refractivity contribution < 1.29 is 37.5 Å². The Hall–Kier alpha value is -4.42. The van der Waals surface area contributed by atoms with Crippen molar-refractivity contribution in [2.75, 3.05) is 47.3 Å². The molecular weight excluding hydrogens is 932 g/mol. The molecule has 0 amide bonds. The number of nitrogens with one attached hydrogen (secondary N) is 1. The predicted octanol–water partition coefficient (Wildman–Crippen LogP) is 12.0. The van der Waals surface area contributed by atoms with Crippen LogP contribution in [-0.2, 0) is 33.6 Å². The van der Waals surface area contributed by atoms with Crippen molar-refractivity contribution in [3.8, 4) is 17.6 Å². The Morgan fingerprint density at radius 1 is 0.694 bits per heavy atom. The van der Waals surface area contributed by atoms with Gasteiger partial charge in [-0.15, -0.1) is 0 Å². The first kappa shape index (κ1) is 58.5. The number of ether oxygens (including phenoxy) is 6. The highest BCUT2D eigenvalue weighted by Crippen LogP contribution is 2.51. The van der Waals surface area contributed by atoms with E-state index >= 15 is 0 Å². The summed E-state index contributed by atoms with van der Waals surface area (Å²) in [4.78, 5) is 28.6. The largest absolute Gasteiger partial charge is 0.497 e. The molecule has 15 heteroatoms. The van der Waals surface area contributed by atoms with Crippen LogP contribution < -0.4 is 20.7 Å². The maximum Gasteiger partial charge on any atom is 0.330 e. The maximum atomic E-state index is 13.7. The molecule has 1 aliphatic heterocycles. The second-order valence-corrected chi connectivity index (χ2v) is 20.5. The number of aromatic amines is 1. The molecule has 5 rings (SSSR count). The van der Waals surface area contributed by atoms with E-state index in [-0.39, 0.29) is 38.3 Å². The number of methoxy groups -OCH3 is 2. The minimum atomic E-state index is -1.86. The van der Waals surface area contributed by atoms with E-state index < -0.39 is 49.9 Å². The van der Waals surface area contributed by atoms with Gasteiger partial charge in [-0.05, 0) is 75.1 Å². The van der Waals surface area contributed by atoms with Gasteiger partial charge in [-0.25, -0.2) is 9.46 Å². The Balaban J connectivity index is 1.42. The van der Waals surface area contributed by atoms with Gasteiger partial charge in [0.2, 0.25) is 0 Å². The van der Waals surface area contributed by atoms with Gasteiger partial charge < -0.3 is 37.5 Å². The topological polar surface area (TPSA) is 156 Å². The monoisotopic (exact) mass is 1010 g/mol. The summed E-state index contributed by atoms with van der Waals surface area (Å²) in [5.41, 5.74) is 0.0848. The van der Waals surface area contributed by atoms with E-state index in [1.54, 1.807) is 14.2 Å². The number of hydrogen-bond acceptors (Lipinski definition) is 12. The lowest BCUT2D eigenvalue weighted by molar-refractivity contribution is -0.108. The standard InChI is InChI=1S/C57H83N4O10P/c1-8-9-10-11-12-13-14-15-16-17-18-19-20-24-39-66-41-42-67-53-51(70-55(60-38-36-52(62)59-56(60)63)54(53)71-72(69-40-25-37-58)61(44(2)3)45(4)5)43-68-57(46-26-22-21-23-27-46,47-28-32-49(64-6)33-29-47)48-30-34-50(65-7)35-31-48/h21-23,26-36,38,44-45,51,53-55H,8-20,24-25,39-43H2,1-7H3,(H,59,62,63)/t51-,53?,54?,55-,72?/m1/s1. The van der Waals surface area contributed by atoms with Crippen molar-refractivity contribution in [3.63, 3.8) is 0 Å². The molecular formula is C57H83N4O10P. The number of nitrogens with zero attached hydrogens (tertiary/aromatic N) is 3. The van der Waals surface area contributed by atoms with Crippen LogP contribution >= 0.6 is 8.53 Å². The zero-order chi connectivity index (χ0) is 51.6. The number of nitriles is 1. The first-order valence-electron chi connectivity index (χ1n) is 26.5. The number of aromatic nitrogens is 2. The van der Waals surface area contributed by atoms with Gasteiger partial charge >= 0.3 is 5.69 Å². The fourth-order valence-electron chi connectivity index (χ4n) is 9.43. The van der Waals surface area contributed by atoms with Crippen LogP contribution in [0.15, 0.2) is 101 Å². The second kappa shape index (κ2) is 32.0. The molecule has 0 spiro atoms. The van der Waals surface area contributed by atoms with Crippen molar-refractivity contribution in [2.45, 2.75) is 173 Å². The van der Waals surface area contributed by atoms with E-state index in [0.717, 1.165) is 29.5 Å². The molecule has 1 aliphatic rings. The Labute approximate surface area is 430 Å². The van der Waals surface area contributed by atoms with E-state index in [2.05, 4.69) is 50.3 Å². The van der Waals surface area contributed by atoms with Crippen LogP contribution in [-0.4, -0.2) is 91.9 Å². The Morgan fingerprint density at radius 3 is 1.75 bits per heavy atom. The Kier molecular flexibility index (Phi) is 26.0. The lowest BCUT2D eigenvalue weighted by atomic mass is 9.80. The van der Waals surface area contributed by atoms with Crippen molar-refractivity contribution in [1.82, 2.24) is 14.2 Å². The fraction of sp³-hybridized carbons (Fsp3) is 0.596. The third kappa shape index (κ3) is 17.3. The van der Waals surface area contributed by atoms with Gasteiger partial charge in [0.05, 0.1) is 53.1 Å². The summed E-state index contributed by atoms with van der Waals surface area (Å²) < 4.78 is 55.5. The molecule has 5 atom stereocenters. The number of hydrogen-bond donors (Lipinski definition) is 1. The molecule has 14 nitrogen and oxygen atoms in total. The average Bonchev–Trinajstić information content (AvgIpc) is 3.72. The average molecular weight is 1020 g/mol. The van der Waals surface area contributed by atoms with Gasteiger partial charge in [-0.3, -0.25) is 14.3 Å². The zero-order valence-corrected chi connectivity index (χ0v) is 45.0. The van der Waals surface area contributed by atoms with Gasteiger partial charge in [0, 0.05) is 31.0 Å². The van der Waals surface area contributed by atoms with Crippen LogP contribution in [0.2, 0.25) is 0 Å². The molecule has 1 N–H and O–H groups in total. The molecule has 3 aromatic carbocycles. The number of rotatable bonds is 36. The smallest absolute Gasteiger partial charge is 0.330 e. The highest BCUT2D eigenvalue weighted by atomic mass is 31.2. The molecule has 396 valence electrons. The maximum absolute atomic E-state index is 13.7. The Bertz CT molecular complexity index is 2200. The lowest BCUT2D eigenvalue weighted by Crippen LogP contribution is -2.43. The van der Waals surface area contributed by atoms with E-state index in [1.165, 1.54) is 93.9 Å². The third-order valence-corrected chi connectivity index (χ3v) is 15.2. The third-order valence-electron chi connectivity index (χ3n) is 13.1. The van der Waals surface area contributed by atoms with E-state index in [0.29, 0.717) is 24.7 Å². The first-order chi connectivity index (χ1) is 35.1. The quantitative estimate of drug-likeness (QED) is 0.0262. The fourth-order valence-corrected chi connectivity index (χ4v) is 11.2. The van der Waals surface area contributed by atoms with Crippen LogP contribution in [0.5, 0.6) is 11.5 Å². The molecule has 1 saturated heterocycles. The number of unbranched alkanes of at least 4 members (excludes halogenated alkanes) is 13. The summed E-state index contributed by atoms with van der Waals surface area (Å²) in [6.45, 7) is 11.7. The molecule has 2 heterocycles. The molecule has 0 saturated carbocycles. The summed E-state index contributed by atoms with van der Waals surface area (Å²) in [7, 11) is 1.41.